The smallest absolute Gasteiger partial charge is 0.323 e. The Hall–Kier alpha value is -3.33. The van der Waals surface area contributed by atoms with Crippen LogP contribution in [0.15, 0.2) is 48.7 Å². The molecule has 2 amide bonds. The van der Waals surface area contributed by atoms with Crippen LogP contribution in [-0.2, 0) is 4.79 Å². The third-order valence-corrected chi connectivity index (χ3v) is 7.00. The number of carboxylic acids is 1. The summed E-state index contributed by atoms with van der Waals surface area (Å²) in [5.74, 6) is -1.67. The number of carbonyl (C=O) groups excluding carboxylic acids is 1. The van der Waals surface area contributed by atoms with Crippen molar-refractivity contribution in [2.75, 3.05) is 10.6 Å². The number of hydrogen-bond acceptors (Lipinski definition) is 4. The molecule has 1 saturated carbocycles. The number of halogens is 2. The summed E-state index contributed by atoms with van der Waals surface area (Å²) >= 11 is 1.63. The molecular formula is C24H23F2N3O3S. The van der Waals surface area contributed by atoms with Crippen molar-refractivity contribution in [2.24, 2.45) is 5.92 Å². The summed E-state index contributed by atoms with van der Waals surface area (Å²) in [4.78, 5) is 28.6. The molecular weight excluding hydrogens is 448 g/mol. The number of nitrogens with one attached hydrogen (secondary N) is 2. The third-order valence-electron chi connectivity index (χ3n) is 5.79. The molecule has 0 aliphatic heterocycles. The number of rotatable bonds is 6. The van der Waals surface area contributed by atoms with Crippen molar-refractivity contribution in [3.63, 3.8) is 0 Å². The summed E-state index contributed by atoms with van der Waals surface area (Å²) in [6, 6.07) is 9.52. The van der Waals surface area contributed by atoms with E-state index in [0.29, 0.717) is 17.7 Å². The van der Waals surface area contributed by atoms with Gasteiger partial charge in [-0.2, -0.15) is 0 Å². The number of benzene rings is 2. The van der Waals surface area contributed by atoms with Crippen molar-refractivity contribution in [1.29, 1.82) is 0 Å². The van der Waals surface area contributed by atoms with E-state index >= 15 is 0 Å². The number of aliphatic carboxylic acids is 1. The highest BCUT2D eigenvalue weighted by molar-refractivity contribution is 7.15. The highest BCUT2D eigenvalue weighted by atomic mass is 32.1. The van der Waals surface area contributed by atoms with Gasteiger partial charge in [0.2, 0.25) is 0 Å². The lowest BCUT2D eigenvalue weighted by molar-refractivity contribution is -0.138. The van der Waals surface area contributed by atoms with Gasteiger partial charge in [-0.05, 0) is 61.4 Å². The van der Waals surface area contributed by atoms with Gasteiger partial charge < -0.3 is 15.7 Å². The Bertz CT molecular complexity index is 1140. The summed E-state index contributed by atoms with van der Waals surface area (Å²) in [6.07, 6.45) is 5.82. The zero-order valence-corrected chi connectivity index (χ0v) is 18.5. The standard InChI is InChI=1S/C24H23F2N3O3S/c25-17-7-10-20(19(26)12-17)29-24(32)28-18-8-5-15(6-9-18)21-13-27-23(33-21)16-3-1-14(2-4-16)11-22(30)31/h5-10,12-14,16H,1-4,11H2,(H,30,31)(H2,28,29,32). The zero-order chi connectivity index (χ0) is 23.4. The van der Waals surface area contributed by atoms with E-state index in [1.165, 1.54) is 0 Å². The fraction of sp³-hybridized carbons (Fsp3) is 0.292. The lowest BCUT2D eigenvalue weighted by atomic mass is 9.81. The van der Waals surface area contributed by atoms with Crippen molar-refractivity contribution < 1.29 is 23.5 Å². The zero-order valence-electron chi connectivity index (χ0n) is 17.7. The van der Waals surface area contributed by atoms with E-state index in [4.69, 9.17) is 5.11 Å². The topological polar surface area (TPSA) is 91.3 Å². The second kappa shape index (κ2) is 10.1. The monoisotopic (exact) mass is 471 g/mol. The van der Waals surface area contributed by atoms with Gasteiger partial charge in [-0.3, -0.25) is 4.79 Å². The van der Waals surface area contributed by atoms with E-state index in [-0.39, 0.29) is 18.0 Å². The number of urea groups is 1. The maximum Gasteiger partial charge on any atom is 0.323 e. The molecule has 1 fully saturated rings. The van der Waals surface area contributed by atoms with Crippen LogP contribution < -0.4 is 10.6 Å². The predicted molar refractivity (Wildman–Crippen MR) is 124 cm³/mol. The van der Waals surface area contributed by atoms with E-state index in [0.717, 1.165) is 53.3 Å². The second-order valence-electron chi connectivity index (χ2n) is 8.16. The van der Waals surface area contributed by atoms with Gasteiger partial charge in [0.25, 0.3) is 0 Å². The number of hydrogen-bond donors (Lipinski definition) is 3. The molecule has 0 saturated heterocycles. The first-order chi connectivity index (χ1) is 15.9. The molecule has 2 aromatic carbocycles. The average molecular weight is 472 g/mol. The highest BCUT2D eigenvalue weighted by Crippen LogP contribution is 2.40. The molecule has 0 atom stereocenters. The second-order valence-corrected chi connectivity index (χ2v) is 9.22. The molecule has 1 aliphatic rings. The molecule has 1 heterocycles. The van der Waals surface area contributed by atoms with Crippen molar-refractivity contribution in [2.45, 2.75) is 38.0 Å². The van der Waals surface area contributed by atoms with Gasteiger partial charge in [-0.15, -0.1) is 11.3 Å². The molecule has 3 aromatic rings. The Morgan fingerprint density at radius 2 is 1.76 bits per heavy atom. The first-order valence-corrected chi connectivity index (χ1v) is 11.5. The average Bonchev–Trinajstić information content (AvgIpc) is 3.27. The van der Waals surface area contributed by atoms with Gasteiger partial charge in [0.15, 0.2) is 0 Å². The molecule has 0 radical (unpaired) electrons. The molecule has 4 rings (SSSR count). The minimum Gasteiger partial charge on any atom is -0.481 e. The SMILES string of the molecule is O=C(O)CC1CCC(c2ncc(-c3ccc(NC(=O)Nc4ccc(F)cc4F)cc3)s2)CC1. The first-order valence-electron chi connectivity index (χ1n) is 10.7. The lowest BCUT2D eigenvalue weighted by Crippen LogP contribution is -2.20. The van der Waals surface area contributed by atoms with Crippen LogP contribution in [0.1, 0.15) is 43.0 Å². The number of aromatic nitrogens is 1. The quantitative estimate of drug-likeness (QED) is 0.384. The minimum absolute atomic E-state index is 0.111. The fourth-order valence-electron chi connectivity index (χ4n) is 4.06. The predicted octanol–water partition coefficient (Wildman–Crippen LogP) is 6.48. The molecule has 1 aromatic heterocycles. The van der Waals surface area contributed by atoms with Crippen LogP contribution in [0.25, 0.3) is 10.4 Å². The van der Waals surface area contributed by atoms with Crippen LogP contribution in [-0.4, -0.2) is 22.1 Å². The van der Waals surface area contributed by atoms with E-state index in [1.54, 1.807) is 23.5 Å². The Labute approximate surface area is 193 Å². The molecule has 3 N–H and O–H groups in total. The molecule has 0 bridgehead atoms. The molecule has 6 nitrogen and oxygen atoms in total. The summed E-state index contributed by atoms with van der Waals surface area (Å²) < 4.78 is 26.7. The van der Waals surface area contributed by atoms with E-state index in [9.17, 15) is 18.4 Å². The summed E-state index contributed by atoms with van der Waals surface area (Å²) in [7, 11) is 0. The Kier molecular flexibility index (Phi) is 6.98. The van der Waals surface area contributed by atoms with Crippen LogP contribution in [0.3, 0.4) is 0 Å². The highest BCUT2D eigenvalue weighted by Gasteiger charge is 2.26. The van der Waals surface area contributed by atoms with Crippen molar-refractivity contribution in [3.8, 4) is 10.4 Å². The van der Waals surface area contributed by atoms with E-state index in [1.807, 2.05) is 18.3 Å². The summed E-state index contributed by atoms with van der Waals surface area (Å²) in [5.41, 5.74) is 1.38. The van der Waals surface area contributed by atoms with Gasteiger partial charge >= 0.3 is 12.0 Å². The fourth-order valence-corrected chi connectivity index (χ4v) is 5.16. The summed E-state index contributed by atoms with van der Waals surface area (Å²) in [5, 5.41) is 15.0. The van der Waals surface area contributed by atoms with Gasteiger partial charge in [0, 0.05) is 30.3 Å². The molecule has 33 heavy (non-hydrogen) atoms. The van der Waals surface area contributed by atoms with Crippen LogP contribution >= 0.6 is 11.3 Å². The number of thiazole rings is 1. The Morgan fingerprint density at radius 1 is 1.03 bits per heavy atom. The van der Waals surface area contributed by atoms with Gasteiger partial charge in [-0.1, -0.05) is 12.1 Å². The Balaban J connectivity index is 1.33. The molecule has 1 aliphatic carbocycles. The van der Waals surface area contributed by atoms with Crippen LogP contribution in [0.4, 0.5) is 25.0 Å². The van der Waals surface area contributed by atoms with Crippen molar-refractivity contribution in [3.05, 3.63) is 65.3 Å². The summed E-state index contributed by atoms with van der Waals surface area (Å²) in [6.45, 7) is 0. The maximum absolute atomic E-state index is 13.7. The normalized spacial score (nSPS) is 18.0. The molecule has 9 heteroatoms. The number of carbonyl (C=O) groups is 2. The largest absolute Gasteiger partial charge is 0.481 e. The van der Waals surface area contributed by atoms with Gasteiger partial charge in [0.05, 0.1) is 15.6 Å². The molecule has 0 unspecified atom stereocenters. The van der Waals surface area contributed by atoms with Gasteiger partial charge in [-0.25, -0.2) is 18.6 Å². The van der Waals surface area contributed by atoms with Crippen molar-refractivity contribution >= 4 is 34.7 Å². The lowest BCUT2D eigenvalue weighted by Gasteiger charge is -2.26. The van der Waals surface area contributed by atoms with E-state index in [2.05, 4.69) is 15.6 Å². The number of carboxylic acid groups (broad SMARTS) is 1. The Morgan fingerprint density at radius 3 is 2.42 bits per heavy atom. The third kappa shape index (κ3) is 5.92. The number of anilines is 2. The molecule has 0 spiro atoms. The van der Waals surface area contributed by atoms with E-state index < -0.39 is 23.6 Å². The number of nitrogens with zero attached hydrogens (tertiary/aromatic N) is 1. The number of amides is 2. The van der Waals surface area contributed by atoms with Crippen LogP contribution in [0.5, 0.6) is 0 Å². The van der Waals surface area contributed by atoms with Crippen LogP contribution in [0.2, 0.25) is 0 Å². The van der Waals surface area contributed by atoms with Gasteiger partial charge in [0.1, 0.15) is 11.6 Å². The van der Waals surface area contributed by atoms with Crippen molar-refractivity contribution in [1.82, 2.24) is 4.98 Å². The van der Waals surface area contributed by atoms with Crippen LogP contribution in [0, 0.1) is 17.6 Å². The molecule has 172 valence electrons. The first kappa shape index (κ1) is 22.8. The minimum atomic E-state index is -0.850. The maximum atomic E-state index is 13.7.